The normalized spacial score (nSPS) is 11.9. The highest BCUT2D eigenvalue weighted by Gasteiger charge is 2.19. The van der Waals surface area contributed by atoms with Crippen LogP contribution in [0.25, 0.3) is 93.3 Å². The Morgan fingerprint density at radius 1 is 0.522 bits per heavy atom. The first-order chi connectivity index (χ1) is 22.7. The van der Waals surface area contributed by atoms with Crippen LogP contribution in [0.1, 0.15) is 5.69 Å². The summed E-state index contributed by atoms with van der Waals surface area (Å²) in [6, 6.07) is 48.4. The molecule has 0 spiro atoms. The fourth-order valence-corrected chi connectivity index (χ4v) is 7.16. The molecular weight excluding hydrogens is 564 g/mol. The van der Waals surface area contributed by atoms with Gasteiger partial charge in [-0.25, -0.2) is 9.97 Å². The molecule has 0 amide bonds. The van der Waals surface area contributed by atoms with Crippen molar-refractivity contribution < 1.29 is 4.42 Å². The molecule has 0 aliphatic rings. The van der Waals surface area contributed by atoms with Gasteiger partial charge in [-0.3, -0.25) is 4.57 Å². The van der Waals surface area contributed by atoms with E-state index in [4.69, 9.17) is 14.4 Å². The van der Waals surface area contributed by atoms with E-state index in [0.717, 1.165) is 76.5 Å². The molecule has 0 saturated heterocycles. The van der Waals surface area contributed by atoms with Crippen molar-refractivity contribution in [2.24, 2.45) is 0 Å². The van der Waals surface area contributed by atoms with Crippen LogP contribution in [0.2, 0.25) is 0 Å². The maximum atomic E-state index is 10.0. The predicted molar refractivity (Wildman–Crippen MR) is 186 cm³/mol. The van der Waals surface area contributed by atoms with Gasteiger partial charge in [-0.1, -0.05) is 84.9 Å². The van der Waals surface area contributed by atoms with E-state index in [9.17, 15) is 5.26 Å². The third-order valence-electron chi connectivity index (χ3n) is 9.25. The lowest BCUT2D eigenvalue weighted by molar-refractivity contribution is 0.669. The minimum Gasteiger partial charge on any atom is -0.456 e. The summed E-state index contributed by atoms with van der Waals surface area (Å²) in [5.74, 6) is 0.481. The number of nitrogens with zero attached hydrogens (tertiary/aromatic N) is 4. The molecule has 0 bridgehead atoms. The molecule has 3 heterocycles. The van der Waals surface area contributed by atoms with Crippen molar-refractivity contribution >= 4 is 76.2 Å². The van der Waals surface area contributed by atoms with Crippen molar-refractivity contribution in [2.45, 2.75) is 0 Å². The third kappa shape index (κ3) is 3.44. The van der Waals surface area contributed by atoms with Crippen molar-refractivity contribution in [1.29, 1.82) is 5.26 Å². The monoisotopic (exact) mass is 586 g/mol. The number of aromatic nitrogens is 3. The van der Waals surface area contributed by atoms with Crippen LogP contribution in [0.5, 0.6) is 0 Å². The number of fused-ring (bicyclic) bond motifs is 11. The lowest BCUT2D eigenvalue weighted by Crippen LogP contribution is -2.03. The zero-order chi connectivity index (χ0) is 30.4. The lowest BCUT2D eigenvalue weighted by atomic mass is 9.98. The summed E-state index contributed by atoms with van der Waals surface area (Å²) < 4.78 is 8.50. The highest BCUT2D eigenvalue weighted by Crippen LogP contribution is 2.40. The lowest BCUT2D eigenvalue weighted by Gasteiger charge is -2.09. The Balaban J connectivity index is 1.24. The van der Waals surface area contributed by atoms with Gasteiger partial charge >= 0.3 is 0 Å². The molecule has 0 unspecified atom stereocenters. The molecule has 7 aromatic carbocycles. The molecule has 3 aromatic heterocycles. The molecule has 212 valence electrons. The molecule has 0 aliphatic carbocycles. The summed E-state index contributed by atoms with van der Waals surface area (Å²) >= 11 is 0. The zero-order valence-corrected chi connectivity index (χ0v) is 24.4. The minimum absolute atomic E-state index is 0.361. The smallest absolute Gasteiger partial charge is 0.236 e. The Morgan fingerprint density at radius 3 is 2.02 bits per heavy atom. The second kappa shape index (κ2) is 9.25. The van der Waals surface area contributed by atoms with Gasteiger partial charge in [-0.05, 0) is 81.2 Å². The van der Waals surface area contributed by atoms with Crippen LogP contribution in [-0.4, -0.2) is 14.5 Å². The van der Waals surface area contributed by atoms with Gasteiger partial charge in [0.25, 0.3) is 0 Å². The quantitative estimate of drug-likeness (QED) is 0.202. The molecule has 5 heteroatoms. The minimum atomic E-state index is 0.361. The largest absolute Gasteiger partial charge is 0.456 e. The number of furan rings is 1. The number of hydrogen-bond acceptors (Lipinski definition) is 4. The van der Waals surface area contributed by atoms with Gasteiger partial charge < -0.3 is 4.42 Å². The first-order valence-electron chi connectivity index (χ1n) is 15.2. The number of hydrogen-bond donors (Lipinski definition) is 0. The molecule has 0 aliphatic heterocycles. The van der Waals surface area contributed by atoms with Gasteiger partial charge in [0.2, 0.25) is 5.95 Å². The van der Waals surface area contributed by atoms with Crippen molar-refractivity contribution in [1.82, 2.24) is 14.5 Å². The van der Waals surface area contributed by atoms with Gasteiger partial charge in [0.05, 0.1) is 16.6 Å². The Labute approximate surface area is 262 Å². The third-order valence-corrected chi connectivity index (χ3v) is 9.25. The zero-order valence-electron chi connectivity index (χ0n) is 24.4. The summed E-state index contributed by atoms with van der Waals surface area (Å²) in [6.07, 6.45) is 0. The molecular formula is C41H22N4O. The number of rotatable bonds is 2. The first-order valence-corrected chi connectivity index (χ1v) is 15.2. The van der Waals surface area contributed by atoms with Crippen LogP contribution < -0.4 is 0 Å². The van der Waals surface area contributed by atoms with Crippen molar-refractivity contribution in [3.8, 4) is 23.1 Å². The van der Waals surface area contributed by atoms with Crippen LogP contribution >= 0.6 is 0 Å². The fourth-order valence-electron chi connectivity index (χ4n) is 7.16. The molecule has 0 saturated carbocycles. The Bertz CT molecular complexity index is 2940. The standard InChI is InChI=1S/C41H22N4O/c42-23-34-30-11-5-6-12-33(30)43-41(44-34)45-35-18-15-26(21-32(35)39-28-9-3-1-7-24(28)14-19-36(39)45)27-13-17-31-38(22-27)46-37-20-16-25-8-2-4-10-29(25)40(31)37/h1-22H. The molecule has 5 nitrogen and oxygen atoms in total. The van der Waals surface area contributed by atoms with Crippen LogP contribution in [0.4, 0.5) is 0 Å². The van der Waals surface area contributed by atoms with E-state index in [-0.39, 0.29) is 0 Å². The number of nitriles is 1. The number of benzene rings is 7. The molecule has 0 radical (unpaired) electrons. The number of para-hydroxylation sites is 1. The van der Waals surface area contributed by atoms with Crippen molar-refractivity contribution in [3.05, 3.63) is 139 Å². The first kappa shape index (κ1) is 24.9. The molecule has 46 heavy (non-hydrogen) atoms. The molecule has 0 atom stereocenters. The predicted octanol–water partition coefficient (Wildman–Crippen LogP) is 10.5. The van der Waals surface area contributed by atoms with Gasteiger partial charge in [-0.2, -0.15) is 5.26 Å². The molecule has 10 rings (SSSR count). The van der Waals surface area contributed by atoms with Crippen LogP contribution in [0.3, 0.4) is 0 Å². The van der Waals surface area contributed by atoms with E-state index >= 15 is 0 Å². The summed E-state index contributed by atoms with van der Waals surface area (Å²) in [5.41, 5.74) is 6.99. The van der Waals surface area contributed by atoms with Gasteiger partial charge in [0.1, 0.15) is 17.2 Å². The summed E-state index contributed by atoms with van der Waals surface area (Å²) in [7, 11) is 0. The van der Waals surface area contributed by atoms with E-state index in [1.807, 2.05) is 24.3 Å². The van der Waals surface area contributed by atoms with E-state index in [1.165, 1.54) is 10.8 Å². The highest BCUT2D eigenvalue weighted by atomic mass is 16.3. The van der Waals surface area contributed by atoms with E-state index in [1.54, 1.807) is 0 Å². The summed E-state index contributed by atoms with van der Waals surface area (Å²) in [5, 5.41) is 19.9. The maximum Gasteiger partial charge on any atom is 0.236 e. The van der Waals surface area contributed by atoms with E-state index in [2.05, 4.69) is 120 Å². The highest BCUT2D eigenvalue weighted by molar-refractivity contribution is 6.22. The van der Waals surface area contributed by atoms with Crippen molar-refractivity contribution in [2.75, 3.05) is 0 Å². The van der Waals surface area contributed by atoms with Crippen LogP contribution in [0.15, 0.2) is 138 Å². The van der Waals surface area contributed by atoms with Gasteiger partial charge in [0, 0.05) is 26.9 Å². The van der Waals surface area contributed by atoms with Gasteiger partial charge in [0.15, 0.2) is 5.69 Å². The van der Waals surface area contributed by atoms with Crippen molar-refractivity contribution in [3.63, 3.8) is 0 Å². The second-order valence-corrected chi connectivity index (χ2v) is 11.7. The SMILES string of the molecule is N#Cc1nc(-n2c3ccc(-c4ccc5c(c4)oc4ccc6ccccc6c45)cc3c3c4ccccc4ccc32)nc2ccccc12. The fraction of sp³-hybridized carbons (Fsp3) is 0. The average molecular weight is 587 g/mol. The van der Waals surface area contributed by atoms with Gasteiger partial charge in [-0.15, -0.1) is 0 Å². The topological polar surface area (TPSA) is 67.6 Å². The Morgan fingerprint density at radius 2 is 1.20 bits per heavy atom. The summed E-state index contributed by atoms with van der Waals surface area (Å²) in [6.45, 7) is 0. The van der Waals surface area contributed by atoms with Crippen LogP contribution in [-0.2, 0) is 0 Å². The maximum absolute atomic E-state index is 10.0. The average Bonchev–Trinajstić information content (AvgIpc) is 3.66. The van der Waals surface area contributed by atoms with E-state index < -0.39 is 0 Å². The van der Waals surface area contributed by atoms with Crippen LogP contribution in [0, 0.1) is 11.3 Å². The molecule has 0 fully saturated rings. The summed E-state index contributed by atoms with van der Waals surface area (Å²) in [4.78, 5) is 9.73. The Hall–Kier alpha value is -6.51. The van der Waals surface area contributed by atoms with E-state index in [0.29, 0.717) is 11.6 Å². The molecule has 10 aromatic rings. The second-order valence-electron chi connectivity index (χ2n) is 11.7. The Kier molecular flexibility index (Phi) is 5.00. The molecule has 0 N–H and O–H groups in total.